The summed E-state index contributed by atoms with van der Waals surface area (Å²) in [5.74, 6) is 4.67. The number of carbonyl (C=O) groups is 1. The molecule has 0 heterocycles. The van der Waals surface area contributed by atoms with Gasteiger partial charge in [-0.15, -0.1) is 0 Å². The van der Waals surface area contributed by atoms with Gasteiger partial charge in [-0.1, -0.05) is 32.6 Å². The number of unbranched alkanes of at least 4 members (excludes halogenated alkanes) is 2. The van der Waals surface area contributed by atoms with E-state index in [-0.39, 0.29) is 0 Å². The Labute approximate surface area is 74.3 Å². The van der Waals surface area contributed by atoms with Crippen molar-refractivity contribution in [1.29, 1.82) is 0 Å². The number of ether oxygens (including phenoxy) is 1. The first-order valence-electron chi connectivity index (χ1n) is 4.46. The fourth-order valence-corrected chi connectivity index (χ4v) is 0.714. The second kappa shape index (κ2) is 8.13. The predicted octanol–water partition coefficient (Wildman–Crippen LogP) is 2.13. The van der Waals surface area contributed by atoms with Crippen molar-refractivity contribution in [2.75, 3.05) is 6.61 Å². The van der Waals surface area contributed by atoms with Gasteiger partial charge >= 0.3 is 5.97 Å². The van der Waals surface area contributed by atoms with Crippen LogP contribution in [0.2, 0.25) is 0 Å². The molecule has 12 heavy (non-hydrogen) atoms. The van der Waals surface area contributed by atoms with Crippen molar-refractivity contribution in [3.05, 3.63) is 0 Å². The molecule has 0 bridgehead atoms. The summed E-state index contributed by atoms with van der Waals surface area (Å²) >= 11 is 0. The van der Waals surface area contributed by atoms with Crippen LogP contribution in [0.25, 0.3) is 0 Å². The standard InChI is InChI=1S/C10H16O2/c1-3-5-7-9-12-10(11)8-6-4-2/h3-5,7,9H2,1-2H3. The number of rotatable bonds is 4. The minimum absolute atomic E-state index is 0.395. The average molecular weight is 168 g/mol. The first-order chi connectivity index (χ1) is 5.81. The van der Waals surface area contributed by atoms with Crippen LogP contribution in [-0.4, -0.2) is 12.6 Å². The maximum absolute atomic E-state index is 10.8. The van der Waals surface area contributed by atoms with Gasteiger partial charge in [0, 0.05) is 12.3 Å². The minimum atomic E-state index is -0.395. The minimum Gasteiger partial charge on any atom is -0.456 e. The summed E-state index contributed by atoms with van der Waals surface area (Å²) in [6.45, 7) is 4.52. The zero-order valence-electron chi connectivity index (χ0n) is 7.85. The molecule has 0 N–H and O–H groups in total. The van der Waals surface area contributed by atoms with Crippen molar-refractivity contribution in [1.82, 2.24) is 0 Å². The molecule has 0 unspecified atom stereocenters. The third kappa shape index (κ3) is 7.14. The van der Waals surface area contributed by atoms with Crippen LogP contribution < -0.4 is 0 Å². The zero-order valence-corrected chi connectivity index (χ0v) is 7.85. The van der Waals surface area contributed by atoms with Crippen molar-refractivity contribution >= 4 is 5.97 Å². The van der Waals surface area contributed by atoms with E-state index in [1.165, 1.54) is 0 Å². The maximum atomic E-state index is 10.8. The van der Waals surface area contributed by atoms with E-state index in [1.54, 1.807) is 0 Å². The van der Waals surface area contributed by atoms with Gasteiger partial charge in [-0.25, -0.2) is 4.79 Å². The summed E-state index contributed by atoms with van der Waals surface area (Å²) in [6.07, 6.45) is 3.88. The quantitative estimate of drug-likeness (QED) is 0.278. The molecule has 0 aromatic carbocycles. The largest absolute Gasteiger partial charge is 0.456 e. The number of hydrogen-bond acceptors (Lipinski definition) is 2. The molecule has 0 amide bonds. The molecule has 2 nitrogen and oxygen atoms in total. The molecule has 0 aliphatic heterocycles. The van der Waals surface area contributed by atoms with E-state index in [0.29, 0.717) is 13.0 Å². The lowest BCUT2D eigenvalue weighted by atomic mass is 10.3. The molecular formula is C10H16O2. The number of hydrogen-bond donors (Lipinski definition) is 0. The van der Waals surface area contributed by atoms with Crippen molar-refractivity contribution < 1.29 is 9.53 Å². The topological polar surface area (TPSA) is 26.3 Å². The summed E-state index contributed by atoms with van der Waals surface area (Å²) in [5.41, 5.74) is 0. The molecule has 0 aromatic rings. The van der Waals surface area contributed by atoms with Gasteiger partial charge in [-0.05, 0) is 6.42 Å². The van der Waals surface area contributed by atoms with Crippen molar-refractivity contribution in [3.8, 4) is 11.8 Å². The SMILES string of the molecule is CCC#CC(=O)OCCCCC. The molecule has 0 aliphatic carbocycles. The van der Waals surface area contributed by atoms with Crippen molar-refractivity contribution in [2.45, 2.75) is 39.5 Å². The highest BCUT2D eigenvalue weighted by atomic mass is 16.5. The molecule has 68 valence electrons. The predicted molar refractivity (Wildman–Crippen MR) is 48.6 cm³/mol. The van der Waals surface area contributed by atoms with Gasteiger partial charge in [0.15, 0.2) is 0 Å². The van der Waals surface area contributed by atoms with E-state index in [1.807, 2.05) is 6.92 Å². The van der Waals surface area contributed by atoms with Gasteiger partial charge in [-0.3, -0.25) is 0 Å². The van der Waals surface area contributed by atoms with E-state index >= 15 is 0 Å². The van der Waals surface area contributed by atoms with E-state index in [9.17, 15) is 4.79 Å². The number of esters is 1. The van der Waals surface area contributed by atoms with Gasteiger partial charge in [0.1, 0.15) is 0 Å². The fourth-order valence-electron chi connectivity index (χ4n) is 0.714. The second-order valence-corrected chi connectivity index (χ2v) is 2.50. The van der Waals surface area contributed by atoms with Gasteiger partial charge in [0.05, 0.1) is 6.61 Å². The molecule has 0 saturated heterocycles. The molecule has 0 radical (unpaired) electrons. The second-order valence-electron chi connectivity index (χ2n) is 2.50. The van der Waals surface area contributed by atoms with Gasteiger partial charge in [0.2, 0.25) is 0 Å². The Morgan fingerprint density at radius 1 is 1.33 bits per heavy atom. The summed E-state index contributed by atoms with van der Waals surface area (Å²) in [7, 11) is 0. The zero-order chi connectivity index (χ0) is 9.23. The Morgan fingerprint density at radius 3 is 2.67 bits per heavy atom. The Bertz CT molecular complexity index is 174. The van der Waals surface area contributed by atoms with Crippen LogP contribution in [0.15, 0.2) is 0 Å². The third-order valence-corrected chi connectivity index (χ3v) is 1.35. The molecule has 0 aromatic heterocycles. The van der Waals surface area contributed by atoms with Gasteiger partial charge in [0.25, 0.3) is 0 Å². The Kier molecular flexibility index (Phi) is 7.47. The van der Waals surface area contributed by atoms with Crippen LogP contribution in [0.4, 0.5) is 0 Å². The third-order valence-electron chi connectivity index (χ3n) is 1.35. The highest BCUT2D eigenvalue weighted by Gasteiger charge is 1.94. The van der Waals surface area contributed by atoms with E-state index in [2.05, 4.69) is 18.8 Å². The molecule has 0 spiro atoms. The summed E-state index contributed by atoms with van der Waals surface area (Å²) in [5, 5.41) is 0. The lowest BCUT2D eigenvalue weighted by molar-refractivity contribution is -0.136. The summed E-state index contributed by atoms with van der Waals surface area (Å²) < 4.78 is 4.83. The van der Waals surface area contributed by atoms with Crippen LogP contribution in [0.5, 0.6) is 0 Å². The van der Waals surface area contributed by atoms with Crippen molar-refractivity contribution in [2.24, 2.45) is 0 Å². The van der Waals surface area contributed by atoms with E-state index in [4.69, 9.17) is 4.74 Å². The van der Waals surface area contributed by atoms with Crippen LogP contribution in [0.1, 0.15) is 39.5 Å². The summed E-state index contributed by atoms with van der Waals surface area (Å²) in [4.78, 5) is 10.8. The van der Waals surface area contributed by atoms with Crippen LogP contribution >= 0.6 is 0 Å². The van der Waals surface area contributed by atoms with Gasteiger partial charge < -0.3 is 4.74 Å². The van der Waals surface area contributed by atoms with Crippen LogP contribution in [-0.2, 0) is 9.53 Å². The fraction of sp³-hybridized carbons (Fsp3) is 0.700. The Balaban J connectivity index is 3.32. The van der Waals surface area contributed by atoms with Gasteiger partial charge in [-0.2, -0.15) is 0 Å². The molecule has 0 saturated carbocycles. The van der Waals surface area contributed by atoms with Crippen LogP contribution in [0.3, 0.4) is 0 Å². The maximum Gasteiger partial charge on any atom is 0.384 e. The van der Waals surface area contributed by atoms with Crippen LogP contribution in [0, 0.1) is 11.8 Å². The first-order valence-corrected chi connectivity index (χ1v) is 4.46. The lowest BCUT2D eigenvalue weighted by Crippen LogP contribution is -2.02. The van der Waals surface area contributed by atoms with Crippen molar-refractivity contribution in [3.63, 3.8) is 0 Å². The number of carbonyl (C=O) groups excluding carboxylic acids is 1. The molecular weight excluding hydrogens is 152 g/mol. The van der Waals surface area contributed by atoms with E-state index < -0.39 is 5.97 Å². The molecule has 0 atom stereocenters. The smallest absolute Gasteiger partial charge is 0.384 e. The molecule has 0 aliphatic rings. The first kappa shape index (κ1) is 11.0. The Morgan fingerprint density at radius 2 is 2.08 bits per heavy atom. The Hall–Kier alpha value is -0.970. The average Bonchev–Trinajstić information content (AvgIpc) is 2.09. The molecule has 2 heteroatoms. The van der Waals surface area contributed by atoms with E-state index in [0.717, 1.165) is 19.3 Å². The summed E-state index contributed by atoms with van der Waals surface area (Å²) in [6, 6.07) is 0. The highest BCUT2D eigenvalue weighted by Crippen LogP contribution is 1.93. The normalized spacial score (nSPS) is 8.50. The monoisotopic (exact) mass is 168 g/mol. The lowest BCUT2D eigenvalue weighted by Gasteiger charge is -1.97. The molecule has 0 fully saturated rings. The molecule has 0 rings (SSSR count). The highest BCUT2D eigenvalue weighted by molar-refractivity contribution is 5.88.